The van der Waals surface area contributed by atoms with Gasteiger partial charge in [0.2, 0.25) is 5.78 Å². The van der Waals surface area contributed by atoms with Crippen LogP contribution in [0.3, 0.4) is 0 Å². The monoisotopic (exact) mass is 548 g/mol. The van der Waals surface area contributed by atoms with Crippen LogP contribution in [0.15, 0.2) is 48.9 Å². The number of nitrogens with one attached hydrogen (secondary N) is 2. The van der Waals surface area contributed by atoms with Gasteiger partial charge in [-0.05, 0) is 49.9 Å². The van der Waals surface area contributed by atoms with Crippen LogP contribution in [0.1, 0.15) is 47.3 Å². The summed E-state index contributed by atoms with van der Waals surface area (Å²) in [6, 6.07) is 9.39. The van der Waals surface area contributed by atoms with Crippen molar-refractivity contribution < 1.29 is 22.0 Å². The molecule has 2 aliphatic rings. The minimum Gasteiger partial charge on any atom is -0.345 e. The van der Waals surface area contributed by atoms with Gasteiger partial charge in [0.25, 0.3) is 0 Å². The fourth-order valence-electron chi connectivity index (χ4n) is 4.85. The van der Waals surface area contributed by atoms with Crippen molar-refractivity contribution in [2.75, 3.05) is 17.8 Å². The van der Waals surface area contributed by atoms with Gasteiger partial charge < -0.3 is 4.98 Å². The molecule has 0 radical (unpaired) electrons. The van der Waals surface area contributed by atoms with E-state index in [4.69, 9.17) is 0 Å². The van der Waals surface area contributed by atoms with E-state index in [1.54, 1.807) is 24.5 Å². The maximum Gasteiger partial charge on any atom is 0.301 e. The van der Waals surface area contributed by atoms with Gasteiger partial charge in [-0.1, -0.05) is 6.07 Å². The first-order valence-electron chi connectivity index (χ1n) is 12.4. The molecule has 0 spiro atoms. The van der Waals surface area contributed by atoms with Crippen LogP contribution in [0, 0.1) is 23.0 Å². The van der Waals surface area contributed by atoms with Crippen LogP contribution >= 0.6 is 0 Å². The summed E-state index contributed by atoms with van der Waals surface area (Å²) in [7, 11) is -4.06. The zero-order valence-electron chi connectivity index (χ0n) is 20.5. The van der Waals surface area contributed by atoms with Gasteiger partial charge in [-0.15, -0.1) is 0 Å². The molecule has 4 heterocycles. The lowest BCUT2D eigenvalue weighted by Gasteiger charge is -2.18. The molecule has 1 aliphatic heterocycles. The number of carbonyl (C=O) groups is 1. The average molecular weight is 549 g/mol. The Morgan fingerprint density at radius 1 is 1.08 bits per heavy atom. The number of hydrogen-bond acceptors (Lipinski definition) is 6. The topological polar surface area (TPSA) is 132 Å². The molecule has 1 aliphatic carbocycles. The summed E-state index contributed by atoms with van der Waals surface area (Å²) in [6.07, 6.45) is 7.43. The lowest BCUT2D eigenvalue weighted by molar-refractivity contribution is 0.103. The lowest BCUT2D eigenvalue weighted by atomic mass is 9.99. The molecule has 0 amide bonds. The Labute approximate surface area is 222 Å². The van der Waals surface area contributed by atoms with Crippen molar-refractivity contribution in [2.45, 2.75) is 31.1 Å². The largest absolute Gasteiger partial charge is 0.345 e. The molecule has 0 atom stereocenters. The van der Waals surface area contributed by atoms with Gasteiger partial charge >= 0.3 is 10.2 Å². The summed E-state index contributed by atoms with van der Waals surface area (Å²) >= 11 is 0. The first-order valence-corrected chi connectivity index (χ1v) is 13.8. The van der Waals surface area contributed by atoms with E-state index in [0.717, 1.165) is 25.0 Å². The third-order valence-electron chi connectivity index (χ3n) is 7.29. The summed E-state index contributed by atoms with van der Waals surface area (Å²) in [5.74, 6) is -3.38. The normalized spacial score (nSPS) is 16.7. The molecule has 198 valence electrons. The maximum absolute atomic E-state index is 15.4. The summed E-state index contributed by atoms with van der Waals surface area (Å²) in [4.78, 5) is 25.0. The van der Waals surface area contributed by atoms with Crippen molar-refractivity contribution in [1.82, 2.24) is 19.3 Å². The number of benzene rings is 1. The number of rotatable bonds is 7. The van der Waals surface area contributed by atoms with Gasteiger partial charge in [0.15, 0.2) is 5.82 Å². The number of nitriles is 1. The molecule has 1 saturated heterocycles. The van der Waals surface area contributed by atoms with E-state index in [1.807, 2.05) is 6.07 Å². The smallest absolute Gasteiger partial charge is 0.301 e. The summed E-state index contributed by atoms with van der Waals surface area (Å²) in [6.45, 7) is 0.595. The van der Waals surface area contributed by atoms with Gasteiger partial charge in [0.05, 0.1) is 28.4 Å². The molecule has 9 nitrogen and oxygen atoms in total. The van der Waals surface area contributed by atoms with Crippen molar-refractivity contribution in [1.29, 1.82) is 5.26 Å². The number of carbonyl (C=O) groups excluding carboxylic acids is 1. The summed E-state index contributed by atoms with van der Waals surface area (Å²) in [5, 5.41) is 9.74. The molecule has 12 heteroatoms. The lowest BCUT2D eigenvalue weighted by Crippen LogP contribution is -2.33. The van der Waals surface area contributed by atoms with Crippen molar-refractivity contribution in [3.63, 3.8) is 0 Å². The number of hydrogen-bond donors (Lipinski definition) is 2. The fourth-order valence-corrected chi connectivity index (χ4v) is 6.16. The molecule has 0 unspecified atom stereocenters. The highest BCUT2D eigenvalue weighted by atomic mass is 32.2. The van der Waals surface area contributed by atoms with Crippen LogP contribution in [-0.4, -0.2) is 46.5 Å². The first-order chi connectivity index (χ1) is 18.7. The Hall–Kier alpha value is -4.21. The van der Waals surface area contributed by atoms with Crippen LogP contribution in [-0.2, 0) is 15.6 Å². The molecule has 1 aromatic carbocycles. The maximum atomic E-state index is 15.4. The van der Waals surface area contributed by atoms with Gasteiger partial charge in [-0.2, -0.15) is 18.0 Å². The second-order valence-electron chi connectivity index (χ2n) is 9.77. The number of aromatic amines is 1. The SMILES string of the molecule is N#CC1(c2ccc(-c3cnc4[nH]cc(C(=O)c5c(F)ccc(NS(=O)(=O)N6CCCC6)c5F)c4c3)cn2)CC1. The standard InChI is InChI=1S/C27H22F2N6O3S/c28-20-4-5-21(34-39(37,38)35-9-1-2-10-35)24(29)23(20)25(36)19-14-33-26-18(19)11-17(13-32-26)16-3-6-22(31-12-16)27(15-30)7-8-27/h3-6,11-14,34H,1-2,7-10H2,(H,32,33). The first kappa shape index (κ1) is 25.1. The minimum absolute atomic E-state index is 0.0253. The highest BCUT2D eigenvalue weighted by Gasteiger charge is 2.46. The van der Waals surface area contributed by atoms with Gasteiger partial charge in [-0.3, -0.25) is 14.5 Å². The van der Waals surface area contributed by atoms with Crippen LogP contribution in [0.2, 0.25) is 0 Å². The Bertz CT molecular complexity index is 1770. The van der Waals surface area contributed by atoms with E-state index in [0.29, 0.717) is 53.8 Å². The van der Waals surface area contributed by atoms with Crippen molar-refractivity contribution in [3.8, 4) is 17.2 Å². The molecule has 4 aromatic rings. The number of fused-ring (bicyclic) bond motifs is 1. The number of pyridine rings is 2. The predicted octanol–water partition coefficient (Wildman–Crippen LogP) is 4.44. The number of anilines is 1. The Morgan fingerprint density at radius 2 is 1.82 bits per heavy atom. The molecule has 39 heavy (non-hydrogen) atoms. The van der Waals surface area contributed by atoms with E-state index in [2.05, 4.69) is 25.7 Å². The molecular formula is C27H22F2N6O3S. The van der Waals surface area contributed by atoms with Crippen molar-refractivity contribution in [3.05, 3.63) is 77.4 Å². The summed E-state index contributed by atoms with van der Waals surface area (Å²) in [5.41, 5.74) is 0.408. The van der Waals surface area contributed by atoms with Crippen molar-refractivity contribution >= 4 is 32.7 Å². The average Bonchev–Trinajstić information content (AvgIpc) is 3.32. The predicted molar refractivity (Wildman–Crippen MR) is 139 cm³/mol. The zero-order valence-corrected chi connectivity index (χ0v) is 21.4. The second-order valence-corrected chi connectivity index (χ2v) is 11.4. The van der Waals surface area contributed by atoms with E-state index in [9.17, 15) is 22.9 Å². The van der Waals surface area contributed by atoms with Gasteiger partial charge in [-0.25, -0.2) is 13.8 Å². The number of aromatic nitrogens is 3. The Balaban J connectivity index is 1.34. The Morgan fingerprint density at radius 3 is 2.49 bits per heavy atom. The van der Waals surface area contributed by atoms with E-state index in [1.165, 1.54) is 10.5 Å². The highest BCUT2D eigenvalue weighted by Crippen LogP contribution is 2.46. The van der Waals surface area contributed by atoms with Crippen LogP contribution in [0.4, 0.5) is 14.5 Å². The molecule has 2 N–H and O–H groups in total. The quantitative estimate of drug-likeness (QED) is 0.328. The molecular weight excluding hydrogens is 526 g/mol. The second kappa shape index (κ2) is 9.21. The number of nitrogens with zero attached hydrogens (tertiary/aromatic N) is 4. The van der Waals surface area contributed by atoms with Crippen molar-refractivity contribution in [2.24, 2.45) is 0 Å². The molecule has 1 saturated carbocycles. The Kier molecular flexibility index (Phi) is 5.93. The number of H-pyrrole nitrogens is 1. The number of ketones is 1. The molecule has 3 aromatic heterocycles. The van der Waals surface area contributed by atoms with Crippen LogP contribution in [0.25, 0.3) is 22.2 Å². The van der Waals surface area contributed by atoms with Gasteiger partial charge in [0.1, 0.15) is 11.5 Å². The molecule has 2 fully saturated rings. The number of halogens is 2. The van der Waals surface area contributed by atoms with Crippen LogP contribution < -0.4 is 4.72 Å². The third kappa shape index (κ3) is 4.33. The van der Waals surface area contributed by atoms with Gasteiger partial charge in [0, 0.05) is 53.8 Å². The molecule has 6 rings (SSSR count). The van der Waals surface area contributed by atoms with E-state index in [-0.39, 0.29) is 5.56 Å². The zero-order chi connectivity index (χ0) is 27.4. The third-order valence-corrected chi connectivity index (χ3v) is 8.81. The highest BCUT2D eigenvalue weighted by molar-refractivity contribution is 7.90. The van der Waals surface area contributed by atoms with Crippen LogP contribution in [0.5, 0.6) is 0 Å². The fraction of sp³-hybridized carbons (Fsp3) is 0.259. The van der Waals surface area contributed by atoms with E-state index < -0.39 is 44.3 Å². The minimum atomic E-state index is -4.06. The van der Waals surface area contributed by atoms with E-state index >= 15 is 4.39 Å². The molecule has 0 bridgehead atoms. The summed E-state index contributed by atoms with van der Waals surface area (Å²) < 4.78 is 58.8.